The van der Waals surface area contributed by atoms with E-state index in [1.165, 1.54) is 12.0 Å². The number of hydrogen-bond acceptors (Lipinski definition) is 3. The summed E-state index contributed by atoms with van der Waals surface area (Å²) in [5.74, 6) is 0.134. The van der Waals surface area contributed by atoms with Crippen molar-refractivity contribution in [1.29, 1.82) is 0 Å². The maximum Gasteiger partial charge on any atom is 0.409 e. The van der Waals surface area contributed by atoms with Crippen molar-refractivity contribution >= 4 is 11.9 Å². The van der Waals surface area contributed by atoms with Gasteiger partial charge < -0.3 is 9.64 Å². The molecule has 0 aromatic heterocycles. The number of ether oxygens (including phenoxy) is 1. The zero-order valence-electron chi connectivity index (χ0n) is 8.36. The van der Waals surface area contributed by atoms with Crippen molar-refractivity contribution in [3.63, 3.8) is 0 Å². The van der Waals surface area contributed by atoms with Gasteiger partial charge in [-0.05, 0) is 12.8 Å². The molecule has 0 spiro atoms. The summed E-state index contributed by atoms with van der Waals surface area (Å²) in [6.45, 7) is 4.37. The number of Topliss-reactive ketones (excluding diaryl/α,β-unsaturated/α-hetero) is 1. The first kappa shape index (κ1) is 10.8. The number of likely N-dealkylation sites (tertiary alicyclic amines) is 1. The first-order chi connectivity index (χ1) is 6.69. The second kappa shape index (κ2) is 4.79. The van der Waals surface area contributed by atoms with Gasteiger partial charge in [-0.15, -0.1) is 6.58 Å². The standard InChI is InChI=1S/C10H15NO3/c1-3-4-8-5-6-11(7-9(8)12)10(13)14-2/h3,8H,1,4-7H2,2H3. The Morgan fingerprint density at radius 1 is 1.79 bits per heavy atom. The summed E-state index contributed by atoms with van der Waals surface area (Å²) in [7, 11) is 1.32. The summed E-state index contributed by atoms with van der Waals surface area (Å²) >= 11 is 0. The molecule has 1 rings (SSSR count). The molecular weight excluding hydrogens is 182 g/mol. The Hall–Kier alpha value is -1.32. The van der Waals surface area contributed by atoms with E-state index in [1.54, 1.807) is 6.08 Å². The van der Waals surface area contributed by atoms with Crippen molar-refractivity contribution in [3.05, 3.63) is 12.7 Å². The van der Waals surface area contributed by atoms with Crippen molar-refractivity contribution in [2.24, 2.45) is 5.92 Å². The van der Waals surface area contributed by atoms with Crippen LogP contribution in [-0.2, 0) is 9.53 Å². The third-order valence-corrected chi connectivity index (χ3v) is 2.43. The normalized spacial score (nSPS) is 21.9. The summed E-state index contributed by atoms with van der Waals surface area (Å²) < 4.78 is 4.55. The lowest BCUT2D eigenvalue weighted by Crippen LogP contribution is -2.44. The number of carbonyl (C=O) groups excluding carboxylic acids is 2. The van der Waals surface area contributed by atoms with Crippen molar-refractivity contribution < 1.29 is 14.3 Å². The molecule has 1 amide bonds. The zero-order valence-corrected chi connectivity index (χ0v) is 8.36. The number of allylic oxidation sites excluding steroid dienone is 1. The minimum Gasteiger partial charge on any atom is -0.453 e. The number of amides is 1. The van der Waals surface area contributed by atoms with Crippen LogP contribution < -0.4 is 0 Å². The van der Waals surface area contributed by atoms with Crippen LogP contribution in [0.15, 0.2) is 12.7 Å². The summed E-state index contributed by atoms with van der Waals surface area (Å²) in [6, 6.07) is 0. The average Bonchev–Trinajstić information content (AvgIpc) is 2.20. The predicted molar refractivity (Wildman–Crippen MR) is 51.9 cm³/mol. The van der Waals surface area contributed by atoms with Crippen LogP contribution in [-0.4, -0.2) is 37.0 Å². The third kappa shape index (κ3) is 2.34. The lowest BCUT2D eigenvalue weighted by Gasteiger charge is -2.29. The van der Waals surface area contributed by atoms with Crippen molar-refractivity contribution in [2.45, 2.75) is 12.8 Å². The maximum atomic E-state index is 11.5. The van der Waals surface area contributed by atoms with Crippen molar-refractivity contribution in [2.75, 3.05) is 20.2 Å². The van der Waals surface area contributed by atoms with E-state index in [2.05, 4.69) is 11.3 Å². The largest absolute Gasteiger partial charge is 0.453 e. The van der Waals surface area contributed by atoms with E-state index in [1.807, 2.05) is 0 Å². The maximum absolute atomic E-state index is 11.5. The molecule has 0 bridgehead atoms. The summed E-state index contributed by atoms with van der Waals surface area (Å²) in [6.07, 6.45) is 2.74. The lowest BCUT2D eigenvalue weighted by molar-refractivity contribution is -0.126. The number of nitrogens with zero attached hydrogens (tertiary/aromatic N) is 1. The minimum absolute atomic E-state index is 0.0356. The molecule has 4 heteroatoms. The quantitative estimate of drug-likeness (QED) is 0.625. The van der Waals surface area contributed by atoms with Gasteiger partial charge >= 0.3 is 6.09 Å². The van der Waals surface area contributed by atoms with Gasteiger partial charge in [0.1, 0.15) is 0 Å². The number of piperidine rings is 1. The fraction of sp³-hybridized carbons (Fsp3) is 0.600. The van der Waals surface area contributed by atoms with Crippen LogP contribution in [0.3, 0.4) is 0 Å². The molecule has 1 unspecified atom stereocenters. The highest BCUT2D eigenvalue weighted by atomic mass is 16.5. The molecule has 1 atom stereocenters. The smallest absolute Gasteiger partial charge is 0.409 e. The fourth-order valence-electron chi connectivity index (χ4n) is 1.60. The fourth-order valence-corrected chi connectivity index (χ4v) is 1.60. The van der Waals surface area contributed by atoms with Crippen LogP contribution in [0, 0.1) is 5.92 Å². The highest BCUT2D eigenvalue weighted by Crippen LogP contribution is 2.18. The molecule has 1 aliphatic rings. The molecular formula is C10H15NO3. The van der Waals surface area contributed by atoms with E-state index >= 15 is 0 Å². The van der Waals surface area contributed by atoms with E-state index in [0.717, 1.165) is 0 Å². The first-order valence-corrected chi connectivity index (χ1v) is 4.65. The number of methoxy groups -OCH3 is 1. The van der Waals surface area contributed by atoms with E-state index in [4.69, 9.17) is 0 Å². The van der Waals surface area contributed by atoms with Crippen LogP contribution in [0.2, 0.25) is 0 Å². The molecule has 1 aliphatic heterocycles. The van der Waals surface area contributed by atoms with Gasteiger partial charge in [-0.1, -0.05) is 6.08 Å². The molecule has 78 valence electrons. The van der Waals surface area contributed by atoms with Gasteiger partial charge in [-0.2, -0.15) is 0 Å². The molecule has 1 heterocycles. The van der Waals surface area contributed by atoms with Gasteiger partial charge in [0.2, 0.25) is 0 Å². The van der Waals surface area contributed by atoms with Gasteiger partial charge in [0.15, 0.2) is 5.78 Å². The van der Waals surface area contributed by atoms with E-state index < -0.39 is 6.09 Å². The molecule has 4 nitrogen and oxygen atoms in total. The number of carbonyl (C=O) groups is 2. The Bertz CT molecular complexity index is 250. The number of rotatable bonds is 2. The van der Waals surface area contributed by atoms with Crippen LogP contribution in [0.1, 0.15) is 12.8 Å². The molecule has 0 N–H and O–H groups in total. The molecule has 1 saturated heterocycles. The van der Waals surface area contributed by atoms with Gasteiger partial charge in [-0.3, -0.25) is 4.79 Å². The van der Waals surface area contributed by atoms with E-state index in [9.17, 15) is 9.59 Å². The van der Waals surface area contributed by atoms with Gasteiger partial charge in [0, 0.05) is 12.5 Å². The highest BCUT2D eigenvalue weighted by molar-refractivity contribution is 5.87. The Balaban J connectivity index is 2.50. The Morgan fingerprint density at radius 2 is 2.50 bits per heavy atom. The second-order valence-corrected chi connectivity index (χ2v) is 3.37. The molecule has 0 radical (unpaired) electrons. The van der Waals surface area contributed by atoms with Gasteiger partial charge in [0.25, 0.3) is 0 Å². The van der Waals surface area contributed by atoms with Crippen molar-refractivity contribution in [3.8, 4) is 0 Å². The topological polar surface area (TPSA) is 46.6 Å². The summed E-state index contributed by atoms with van der Waals surface area (Å²) in [4.78, 5) is 24.1. The summed E-state index contributed by atoms with van der Waals surface area (Å²) in [5, 5.41) is 0. The van der Waals surface area contributed by atoms with Crippen LogP contribution in [0.4, 0.5) is 4.79 Å². The number of hydrogen-bond donors (Lipinski definition) is 0. The molecule has 0 aromatic carbocycles. The predicted octanol–water partition coefficient (Wildman–Crippen LogP) is 1.22. The highest BCUT2D eigenvalue weighted by Gasteiger charge is 2.28. The minimum atomic E-state index is -0.421. The SMILES string of the molecule is C=CCC1CCN(C(=O)OC)CC1=O. The van der Waals surface area contributed by atoms with Gasteiger partial charge in [0.05, 0.1) is 13.7 Å². The average molecular weight is 197 g/mol. The molecule has 0 saturated carbocycles. The molecule has 14 heavy (non-hydrogen) atoms. The van der Waals surface area contributed by atoms with Crippen LogP contribution in [0.5, 0.6) is 0 Å². The lowest BCUT2D eigenvalue weighted by atomic mass is 9.92. The first-order valence-electron chi connectivity index (χ1n) is 4.65. The van der Waals surface area contributed by atoms with Gasteiger partial charge in [-0.25, -0.2) is 4.79 Å². The third-order valence-electron chi connectivity index (χ3n) is 2.43. The monoisotopic (exact) mass is 197 g/mol. The Kier molecular flexibility index (Phi) is 3.68. The van der Waals surface area contributed by atoms with Crippen molar-refractivity contribution in [1.82, 2.24) is 4.90 Å². The Labute approximate surface area is 83.5 Å². The van der Waals surface area contributed by atoms with Crippen LogP contribution in [0.25, 0.3) is 0 Å². The molecule has 0 aromatic rings. The van der Waals surface area contributed by atoms with E-state index in [-0.39, 0.29) is 18.2 Å². The Morgan fingerprint density at radius 3 is 3.00 bits per heavy atom. The molecule has 0 aliphatic carbocycles. The van der Waals surface area contributed by atoms with Crippen LogP contribution >= 0.6 is 0 Å². The van der Waals surface area contributed by atoms with E-state index in [0.29, 0.717) is 19.4 Å². The number of ketones is 1. The zero-order chi connectivity index (χ0) is 10.6. The summed E-state index contributed by atoms with van der Waals surface area (Å²) in [5.41, 5.74) is 0. The molecule has 1 fully saturated rings. The second-order valence-electron chi connectivity index (χ2n) is 3.37.